The molecule has 0 fully saturated rings. The van der Waals surface area contributed by atoms with Gasteiger partial charge in [0.05, 0.1) is 6.54 Å². The van der Waals surface area contributed by atoms with E-state index in [2.05, 4.69) is 57.3 Å². The van der Waals surface area contributed by atoms with Gasteiger partial charge in [-0.2, -0.15) is 0 Å². The van der Waals surface area contributed by atoms with Gasteiger partial charge in [0.25, 0.3) is 0 Å². The molecule has 1 aliphatic rings. The van der Waals surface area contributed by atoms with Crippen LogP contribution in [0.25, 0.3) is 0 Å². The summed E-state index contributed by atoms with van der Waals surface area (Å²) in [4.78, 5) is 0. The molecule has 2 aromatic rings. The van der Waals surface area contributed by atoms with Crippen LogP contribution in [0.15, 0.2) is 30.3 Å². The molecule has 0 aliphatic carbocycles. The third-order valence-corrected chi connectivity index (χ3v) is 4.29. The monoisotopic (exact) mass is 284 g/mol. The van der Waals surface area contributed by atoms with Crippen LogP contribution in [0.5, 0.6) is 0 Å². The largest absolute Gasteiger partial charge is 0.314 e. The van der Waals surface area contributed by atoms with Crippen LogP contribution in [0.2, 0.25) is 0 Å². The molecular weight excluding hydrogens is 260 g/mol. The molecule has 4 heteroatoms. The second kappa shape index (κ2) is 6.85. The van der Waals surface area contributed by atoms with E-state index in [1.165, 1.54) is 30.7 Å². The molecule has 1 atom stereocenters. The Labute approximate surface area is 126 Å². The molecule has 0 amide bonds. The van der Waals surface area contributed by atoms with E-state index in [-0.39, 0.29) is 0 Å². The molecule has 112 valence electrons. The van der Waals surface area contributed by atoms with Crippen LogP contribution in [-0.2, 0) is 19.5 Å². The van der Waals surface area contributed by atoms with E-state index in [9.17, 15) is 0 Å². The average molecular weight is 284 g/mol. The van der Waals surface area contributed by atoms with Crippen molar-refractivity contribution in [1.29, 1.82) is 0 Å². The quantitative estimate of drug-likeness (QED) is 0.918. The molecule has 1 aromatic heterocycles. The molecule has 3 rings (SSSR count). The van der Waals surface area contributed by atoms with Crippen molar-refractivity contribution in [3.8, 4) is 0 Å². The number of nitrogens with one attached hydrogen (secondary N) is 1. The van der Waals surface area contributed by atoms with Gasteiger partial charge in [-0.3, -0.25) is 0 Å². The summed E-state index contributed by atoms with van der Waals surface area (Å²) in [5.41, 5.74) is 1.38. The number of hydrogen-bond donors (Lipinski definition) is 1. The first-order chi connectivity index (χ1) is 10.3. The molecule has 0 spiro atoms. The molecule has 0 saturated heterocycles. The Morgan fingerprint density at radius 3 is 2.86 bits per heavy atom. The molecular formula is C17H24N4. The van der Waals surface area contributed by atoms with Crippen LogP contribution < -0.4 is 5.32 Å². The Hall–Kier alpha value is -1.68. The predicted octanol–water partition coefficient (Wildman–Crippen LogP) is 2.90. The van der Waals surface area contributed by atoms with Crippen molar-refractivity contribution in [3.05, 3.63) is 47.5 Å². The summed E-state index contributed by atoms with van der Waals surface area (Å²) in [7, 11) is 0. The van der Waals surface area contributed by atoms with E-state index >= 15 is 0 Å². The Morgan fingerprint density at radius 2 is 2.00 bits per heavy atom. The van der Waals surface area contributed by atoms with Crippen LogP contribution in [0.3, 0.4) is 0 Å². The highest BCUT2D eigenvalue weighted by Crippen LogP contribution is 2.15. The van der Waals surface area contributed by atoms with Gasteiger partial charge < -0.3 is 9.88 Å². The van der Waals surface area contributed by atoms with Gasteiger partial charge in [-0.25, -0.2) is 0 Å². The zero-order valence-electron chi connectivity index (χ0n) is 12.8. The standard InChI is InChI=1S/C17H24N4/c1-14(15-8-4-2-5-9-15)12-18-13-17-20-19-16-10-6-3-7-11-21(16)17/h2,4-5,8-9,14,18H,3,6-7,10-13H2,1H3. The lowest BCUT2D eigenvalue weighted by atomic mass is 10.0. The fourth-order valence-corrected chi connectivity index (χ4v) is 2.98. The Bertz CT molecular complexity index is 561. The molecule has 0 saturated carbocycles. The fraction of sp³-hybridized carbons (Fsp3) is 0.529. The number of aryl methyl sites for hydroxylation is 1. The van der Waals surface area contributed by atoms with Crippen LogP contribution in [0.1, 0.15) is 49.3 Å². The van der Waals surface area contributed by atoms with Gasteiger partial charge in [0.2, 0.25) is 0 Å². The number of benzene rings is 1. The molecule has 1 aromatic carbocycles. The molecule has 21 heavy (non-hydrogen) atoms. The lowest BCUT2D eigenvalue weighted by Crippen LogP contribution is -2.22. The second-order valence-electron chi connectivity index (χ2n) is 5.94. The van der Waals surface area contributed by atoms with Gasteiger partial charge in [0, 0.05) is 19.5 Å². The Balaban J connectivity index is 1.55. The van der Waals surface area contributed by atoms with Crippen molar-refractivity contribution < 1.29 is 0 Å². The van der Waals surface area contributed by atoms with Gasteiger partial charge in [0.1, 0.15) is 11.6 Å². The van der Waals surface area contributed by atoms with E-state index in [1.807, 2.05) is 0 Å². The molecule has 1 aliphatic heterocycles. The van der Waals surface area contributed by atoms with E-state index in [1.54, 1.807) is 0 Å². The maximum atomic E-state index is 4.36. The highest BCUT2D eigenvalue weighted by Gasteiger charge is 2.14. The van der Waals surface area contributed by atoms with Crippen molar-refractivity contribution in [2.45, 2.75) is 51.6 Å². The number of hydrogen-bond acceptors (Lipinski definition) is 3. The zero-order valence-corrected chi connectivity index (χ0v) is 12.8. The maximum absolute atomic E-state index is 4.36. The minimum absolute atomic E-state index is 0.512. The summed E-state index contributed by atoms with van der Waals surface area (Å²) >= 11 is 0. The molecule has 1 N–H and O–H groups in total. The zero-order chi connectivity index (χ0) is 14.5. The normalized spacial score (nSPS) is 16.2. The van der Waals surface area contributed by atoms with Crippen molar-refractivity contribution >= 4 is 0 Å². The van der Waals surface area contributed by atoms with Crippen molar-refractivity contribution in [2.24, 2.45) is 0 Å². The van der Waals surface area contributed by atoms with Gasteiger partial charge in [-0.05, 0) is 24.3 Å². The first kappa shape index (κ1) is 14.3. The van der Waals surface area contributed by atoms with Crippen LogP contribution in [-0.4, -0.2) is 21.3 Å². The van der Waals surface area contributed by atoms with Crippen LogP contribution in [0.4, 0.5) is 0 Å². The lowest BCUT2D eigenvalue weighted by Gasteiger charge is -2.13. The van der Waals surface area contributed by atoms with Crippen LogP contribution >= 0.6 is 0 Å². The summed E-state index contributed by atoms with van der Waals surface area (Å²) < 4.78 is 2.31. The minimum atomic E-state index is 0.512. The molecule has 4 nitrogen and oxygen atoms in total. The van der Waals surface area contributed by atoms with E-state index in [4.69, 9.17) is 0 Å². The summed E-state index contributed by atoms with van der Waals surface area (Å²) in [6, 6.07) is 10.6. The molecule has 0 bridgehead atoms. The molecule has 0 radical (unpaired) electrons. The van der Waals surface area contributed by atoms with Gasteiger partial charge >= 0.3 is 0 Å². The summed E-state index contributed by atoms with van der Waals surface area (Å²) in [6.07, 6.45) is 4.88. The summed E-state index contributed by atoms with van der Waals surface area (Å²) in [6.45, 7) is 5.11. The number of fused-ring (bicyclic) bond motifs is 1. The van der Waals surface area contributed by atoms with Gasteiger partial charge in [-0.1, -0.05) is 43.7 Å². The lowest BCUT2D eigenvalue weighted by molar-refractivity contribution is 0.554. The first-order valence-electron chi connectivity index (χ1n) is 8.01. The Morgan fingerprint density at radius 1 is 1.14 bits per heavy atom. The topological polar surface area (TPSA) is 42.7 Å². The summed E-state index contributed by atoms with van der Waals surface area (Å²) in [5, 5.41) is 12.2. The fourth-order valence-electron chi connectivity index (χ4n) is 2.98. The van der Waals surface area contributed by atoms with E-state index in [0.29, 0.717) is 5.92 Å². The Kier molecular flexibility index (Phi) is 4.65. The summed E-state index contributed by atoms with van der Waals surface area (Å²) in [5.74, 6) is 2.77. The second-order valence-corrected chi connectivity index (χ2v) is 5.94. The third kappa shape index (κ3) is 3.50. The highest BCUT2D eigenvalue weighted by atomic mass is 15.3. The SMILES string of the molecule is CC(CNCc1nnc2n1CCCCC2)c1ccccc1. The number of aromatic nitrogens is 3. The van der Waals surface area contributed by atoms with Crippen molar-refractivity contribution in [1.82, 2.24) is 20.1 Å². The smallest absolute Gasteiger partial charge is 0.147 e. The van der Waals surface area contributed by atoms with E-state index < -0.39 is 0 Å². The van der Waals surface area contributed by atoms with E-state index in [0.717, 1.165) is 31.9 Å². The van der Waals surface area contributed by atoms with Gasteiger partial charge in [0.15, 0.2) is 0 Å². The van der Waals surface area contributed by atoms with Crippen molar-refractivity contribution in [3.63, 3.8) is 0 Å². The molecule has 2 heterocycles. The predicted molar refractivity (Wildman–Crippen MR) is 84.1 cm³/mol. The van der Waals surface area contributed by atoms with Crippen molar-refractivity contribution in [2.75, 3.05) is 6.54 Å². The molecule has 1 unspecified atom stereocenters. The first-order valence-corrected chi connectivity index (χ1v) is 8.01. The highest BCUT2D eigenvalue weighted by molar-refractivity contribution is 5.19. The average Bonchev–Trinajstić information content (AvgIpc) is 2.76. The van der Waals surface area contributed by atoms with Gasteiger partial charge in [-0.15, -0.1) is 10.2 Å². The minimum Gasteiger partial charge on any atom is -0.314 e. The van der Waals surface area contributed by atoms with Crippen LogP contribution in [0, 0.1) is 0 Å². The number of nitrogens with zero attached hydrogens (tertiary/aromatic N) is 3. The maximum Gasteiger partial charge on any atom is 0.147 e. The number of rotatable bonds is 5. The third-order valence-electron chi connectivity index (χ3n) is 4.29.